The molecule has 104 valence electrons. The Morgan fingerprint density at radius 1 is 1.47 bits per heavy atom. The van der Waals surface area contributed by atoms with E-state index in [1.807, 2.05) is 13.1 Å². The topological polar surface area (TPSA) is 53.4 Å². The molecule has 1 unspecified atom stereocenters. The van der Waals surface area contributed by atoms with Crippen molar-refractivity contribution >= 4 is 5.97 Å². The van der Waals surface area contributed by atoms with E-state index in [4.69, 9.17) is 5.11 Å². The molecule has 1 saturated heterocycles. The molecular formula is C15H22N2O2. The van der Waals surface area contributed by atoms with Gasteiger partial charge in [0, 0.05) is 6.20 Å². The van der Waals surface area contributed by atoms with Crippen LogP contribution in [0, 0.1) is 12.8 Å². The van der Waals surface area contributed by atoms with Gasteiger partial charge in [-0.3, -0.25) is 14.7 Å². The summed E-state index contributed by atoms with van der Waals surface area (Å²) in [5.74, 6) is -0.819. The summed E-state index contributed by atoms with van der Waals surface area (Å²) in [5, 5.41) is 9.04. The first kappa shape index (κ1) is 14.0. The summed E-state index contributed by atoms with van der Waals surface area (Å²) in [6.07, 6.45) is 4.41. The molecule has 1 aliphatic rings. The van der Waals surface area contributed by atoms with E-state index < -0.39 is 5.97 Å². The van der Waals surface area contributed by atoms with Gasteiger partial charge in [0.25, 0.3) is 0 Å². The highest BCUT2D eigenvalue weighted by atomic mass is 16.4. The van der Waals surface area contributed by atoms with Gasteiger partial charge >= 0.3 is 5.97 Å². The van der Waals surface area contributed by atoms with Gasteiger partial charge in [-0.05, 0) is 50.9 Å². The number of aliphatic carboxylic acids is 1. The van der Waals surface area contributed by atoms with Crippen LogP contribution in [-0.4, -0.2) is 34.0 Å². The molecule has 0 amide bonds. The van der Waals surface area contributed by atoms with Crippen LogP contribution in [0.4, 0.5) is 0 Å². The molecule has 1 aromatic heterocycles. The van der Waals surface area contributed by atoms with E-state index in [0.29, 0.717) is 6.04 Å². The van der Waals surface area contributed by atoms with E-state index in [1.165, 1.54) is 5.56 Å². The van der Waals surface area contributed by atoms with Crippen LogP contribution in [0.3, 0.4) is 0 Å². The highest BCUT2D eigenvalue weighted by Gasteiger charge is 2.28. The molecule has 1 fully saturated rings. The lowest BCUT2D eigenvalue weighted by molar-refractivity contribution is -0.143. The lowest BCUT2D eigenvalue weighted by Gasteiger charge is -2.35. The second-order valence-corrected chi connectivity index (χ2v) is 5.33. The molecule has 4 nitrogen and oxygen atoms in total. The van der Waals surface area contributed by atoms with E-state index in [2.05, 4.69) is 28.9 Å². The van der Waals surface area contributed by atoms with E-state index >= 15 is 0 Å². The summed E-state index contributed by atoms with van der Waals surface area (Å²) >= 11 is 0. The molecule has 19 heavy (non-hydrogen) atoms. The van der Waals surface area contributed by atoms with Crippen molar-refractivity contribution in [2.45, 2.75) is 39.2 Å². The highest BCUT2D eigenvalue weighted by Crippen LogP contribution is 2.28. The second kappa shape index (κ2) is 6.15. The van der Waals surface area contributed by atoms with Gasteiger partial charge in [0.05, 0.1) is 17.7 Å². The van der Waals surface area contributed by atoms with Gasteiger partial charge in [-0.25, -0.2) is 0 Å². The van der Waals surface area contributed by atoms with Crippen LogP contribution >= 0.6 is 0 Å². The molecule has 1 atom stereocenters. The van der Waals surface area contributed by atoms with Crippen molar-refractivity contribution in [3.8, 4) is 0 Å². The molecule has 0 saturated carbocycles. The van der Waals surface area contributed by atoms with Gasteiger partial charge in [0.1, 0.15) is 0 Å². The SMILES string of the molecule is CCC(c1ccc(C)cn1)N1CCC(C(=O)O)CC1. The number of rotatable bonds is 4. The van der Waals surface area contributed by atoms with Crippen LogP contribution in [0.2, 0.25) is 0 Å². The second-order valence-electron chi connectivity index (χ2n) is 5.33. The minimum Gasteiger partial charge on any atom is -0.481 e. The molecule has 0 aliphatic carbocycles. The number of carbonyl (C=O) groups is 1. The molecule has 0 bridgehead atoms. The Hall–Kier alpha value is -1.42. The molecule has 0 aromatic carbocycles. The summed E-state index contributed by atoms with van der Waals surface area (Å²) in [6.45, 7) is 5.90. The minimum absolute atomic E-state index is 0.167. The number of nitrogens with zero attached hydrogens (tertiary/aromatic N) is 2. The maximum absolute atomic E-state index is 11.0. The third-order valence-electron chi connectivity index (χ3n) is 3.98. The van der Waals surface area contributed by atoms with E-state index in [-0.39, 0.29) is 5.92 Å². The molecular weight excluding hydrogens is 240 g/mol. The average Bonchev–Trinajstić information content (AvgIpc) is 2.42. The third kappa shape index (κ3) is 3.32. The monoisotopic (exact) mass is 262 g/mol. The first-order valence-corrected chi connectivity index (χ1v) is 7.01. The van der Waals surface area contributed by atoms with E-state index in [1.54, 1.807) is 0 Å². The van der Waals surface area contributed by atoms with Gasteiger partial charge < -0.3 is 5.11 Å². The number of aromatic nitrogens is 1. The number of hydrogen-bond donors (Lipinski definition) is 1. The van der Waals surface area contributed by atoms with Crippen LogP contribution in [0.1, 0.15) is 43.5 Å². The summed E-state index contributed by atoms with van der Waals surface area (Å²) < 4.78 is 0. The lowest BCUT2D eigenvalue weighted by Crippen LogP contribution is -2.38. The standard InChI is InChI=1S/C15H22N2O2/c1-3-14(13-5-4-11(2)10-16-13)17-8-6-12(7-9-17)15(18)19/h4-5,10,12,14H,3,6-9H2,1-2H3,(H,18,19). The van der Waals surface area contributed by atoms with Crippen LogP contribution in [0.15, 0.2) is 18.3 Å². The maximum atomic E-state index is 11.0. The van der Waals surface area contributed by atoms with Crippen LogP contribution in [-0.2, 0) is 4.79 Å². The maximum Gasteiger partial charge on any atom is 0.306 e. The fourth-order valence-corrected chi connectivity index (χ4v) is 2.79. The molecule has 2 rings (SSSR count). The van der Waals surface area contributed by atoms with Crippen molar-refractivity contribution in [3.63, 3.8) is 0 Å². The Bertz CT molecular complexity index is 422. The fourth-order valence-electron chi connectivity index (χ4n) is 2.79. The van der Waals surface area contributed by atoms with Crippen molar-refractivity contribution in [2.75, 3.05) is 13.1 Å². The quantitative estimate of drug-likeness (QED) is 0.906. The molecule has 1 aliphatic heterocycles. The van der Waals surface area contributed by atoms with Crippen molar-refractivity contribution in [3.05, 3.63) is 29.6 Å². The van der Waals surface area contributed by atoms with Crippen LogP contribution < -0.4 is 0 Å². The van der Waals surface area contributed by atoms with Gasteiger partial charge in [0.15, 0.2) is 0 Å². The Balaban J connectivity index is 2.03. The minimum atomic E-state index is -0.652. The Kier molecular flexibility index (Phi) is 4.53. The number of pyridine rings is 1. The number of piperidine rings is 1. The van der Waals surface area contributed by atoms with Crippen molar-refractivity contribution < 1.29 is 9.90 Å². The molecule has 0 spiro atoms. The number of carboxylic acids is 1. The van der Waals surface area contributed by atoms with Crippen molar-refractivity contribution in [2.24, 2.45) is 5.92 Å². The normalized spacial score (nSPS) is 19.3. The Labute approximate surface area is 114 Å². The number of likely N-dealkylation sites (tertiary alicyclic amines) is 1. The van der Waals surface area contributed by atoms with Crippen LogP contribution in [0.25, 0.3) is 0 Å². The number of carboxylic acid groups (broad SMARTS) is 1. The zero-order valence-corrected chi connectivity index (χ0v) is 11.7. The Morgan fingerprint density at radius 3 is 2.63 bits per heavy atom. The van der Waals surface area contributed by atoms with E-state index in [0.717, 1.165) is 38.0 Å². The highest BCUT2D eigenvalue weighted by molar-refractivity contribution is 5.70. The van der Waals surface area contributed by atoms with Gasteiger partial charge in [0.2, 0.25) is 0 Å². The summed E-state index contributed by atoms with van der Waals surface area (Å²) in [5.41, 5.74) is 2.27. The number of hydrogen-bond acceptors (Lipinski definition) is 3. The molecule has 2 heterocycles. The van der Waals surface area contributed by atoms with Crippen molar-refractivity contribution in [1.29, 1.82) is 0 Å². The largest absolute Gasteiger partial charge is 0.481 e. The first-order valence-electron chi connectivity index (χ1n) is 7.01. The Morgan fingerprint density at radius 2 is 2.16 bits per heavy atom. The lowest BCUT2D eigenvalue weighted by atomic mass is 9.94. The predicted molar refractivity (Wildman–Crippen MR) is 73.9 cm³/mol. The van der Waals surface area contributed by atoms with E-state index in [9.17, 15) is 4.79 Å². The molecule has 4 heteroatoms. The van der Waals surface area contributed by atoms with Gasteiger partial charge in [-0.2, -0.15) is 0 Å². The van der Waals surface area contributed by atoms with Crippen LogP contribution in [0.5, 0.6) is 0 Å². The first-order chi connectivity index (χ1) is 9.11. The van der Waals surface area contributed by atoms with Crippen molar-refractivity contribution in [1.82, 2.24) is 9.88 Å². The fraction of sp³-hybridized carbons (Fsp3) is 0.600. The zero-order valence-electron chi connectivity index (χ0n) is 11.7. The van der Waals surface area contributed by atoms with Gasteiger partial charge in [-0.15, -0.1) is 0 Å². The summed E-state index contributed by atoms with van der Waals surface area (Å²) in [6, 6.07) is 4.50. The molecule has 0 radical (unpaired) electrons. The average molecular weight is 262 g/mol. The molecule has 1 N–H and O–H groups in total. The third-order valence-corrected chi connectivity index (χ3v) is 3.98. The summed E-state index contributed by atoms with van der Waals surface area (Å²) in [7, 11) is 0. The molecule has 1 aromatic rings. The zero-order chi connectivity index (χ0) is 13.8. The number of aryl methyl sites for hydroxylation is 1. The summed E-state index contributed by atoms with van der Waals surface area (Å²) in [4.78, 5) is 17.9. The predicted octanol–water partition coefficient (Wildman–Crippen LogP) is 2.64. The smallest absolute Gasteiger partial charge is 0.306 e. The van der Waals surface area contributed by atoms with Gasteiger partial charge in [-0.1, -0.05) is 13.0 Å².